The Morgan fingerprint density at radius 3 is 2.56 bits per heavy atom. The Morgan fingerprint density at radius 2 is 2.06 bits per heavy atom. The minimum Gasteiger partial charge on any atom is -0.444 e. The van der Waals surface area contributed by atoms with E-state index in [1.54, 1.807) is 20.8 Å². The Kier molecular flexibility index (Phi) is 3.04. The summed E-state index contributed by atoms with van der Waals surface area (Å²) < 4.78 is 32.2. The highest BCUT2D eigenvalue weighted by Crippen LogP contribution is 2.58. The van der Waals surface area contributed by atoms with E-state index >= 15 is 0 Å². The fraction of sp³-hybridized carbons (Fsp3) is 0.917. The van der Waals surface area contributed by atoms with E-state index in [2.05, 4.69) is 0 Å². The van der Waals surface area contributed by atoms with Crippen molar-refractivity contribution in [2.45, 2.75) is 57.2 Å². The molecular formula is C12H19F2NO3. The number of nitrogens with zero attached hydrogens (tertiary/aromatic N) is 1. The Bertz CT molecular complexity index is 354. The van der Waals surface area contributed by atoms with Crippen molar-refractivity contribution in [2.75, 3.05) is 6.61 Å². The maximum atomic E-state index is 13.5. The minimum atomic E-state index is -2.83. The number of hydrogen-bond donors (Lipinski definition) is 1. The first-order valence-electron chi connectivity index (χ1n) is 6.18. The Labute approximate surface area is 105 Å². The average Bonchev–Trinajstić information content (AvgIpc) is 2.78. The number of rotatable bonds is 1. The molecule has 18 heavy (non-hydrogen) atoms. The van der Waals surface area contributed by atoms with Crippen molar-refractivity contribution in [3.63, 3.8) is 0 Å². The normalized spacial score (nSPS) is 33.9. The number of ether oxygens (including phenoxy) is 1. The van der Waals surface area contributed by atoms with Crippen LogP contribution in [0.4, 0.5) is 13.6 Å². The van der Waals surface area contributed by atoms with Crippen LogP contribution >= 0.6 is 0 Å². The molecule has 1 saturated heterocycles. The van der Waals surface area contributed by atoms with Crippen LogP contribution in [0.3, 0.4) is 0 Å². The van der Waals surface area contributed by atoms with E-state index in [9.17, 15) is 18.7 Å². The summed E-state index contributed by atoms with van der Waals surface area (Å²) >= 11 is 0. The van der Waals surface area contributed by atoms with Crippen LogP contribution in [0.25, 0.3) is 0 Å². The highest BCUT2D eigenvalue weighted by molar-refractivity contribution is 5.70. The van der Waals surface area contributed by atoms with Crippen LogP contribution in [-0.2, 0) is 4.74 Å². The number of carbonyl (C=O) groups excluding carboxylic acids is 1. The zero-order valence-electron chi connectivity index (χ0n) is 10.8. The second-order valence-electron chi connectivity index (χ2n) is 6.03. The lowest BCUT2D eigenvalue weighted by Gasteiger charge is -2.35. The van der Waals surface area contributed by atoms with Gasteiger partial charge in [-0.15, -0.1) is 0 Å². The summed E-state index contributed by atoms with van der Waals surface area (Å²) in [5, 5.41) is 9.22. The largest absolute Gasteiger partial charge is 0.444 e. The van der Waals surface area contributed by atoms with Gasteiger partial charge in [-0.1, -0.05) is 0 Å². The number of amides is 1. The van der Waals surface area contributed by atoms with Crippen LogP contribution in [0.1, 0.15) is 33.6 Å². The van der Waals surface area contributed by atoms with Gasteiger partial charge in [-0.3, -0.25) is 4.90 Å². The minimum absolute atomic E-state index is 0.307. The van der Waals surface area contributed by atoms with Crippen molar-refractivity contribution >= 4 is 6.09 Å². The van der Waals surface area contributed by atoms with Gasteiger partial charge in [0.05, 0.1) is 18.6 Å². The Morgan fingerprint density at radius 1 is 1.44 bits per heavy atom. The van der Waals surface area contributed by atoms with Gasteiger partial charge in [-0.2, -0.15) is 0 Å². The molecule has 104 valence electrons. The predicted molar refractivity (Wildman–Crippen MR) is 60.4 cm³/mol. The van der Waals surface area contributed by atoms with Crippen molar-refractivity contribution in [3.05, 3.63) is 0 Å². The Hall–Kier alpha value is -0.910. The molecule has 0 aromatic rings. The lowest BCUT2D eigenvalue weighted by molar-refractivity contribution is -0.0108. The van der Waals surface area contributed by atoms with Gasteiger partial charge in [0.25, 0.3) is 5.92 Å². The SMILES string of the molecule is CC(C)(C)OC(=O)N1[C@H](CO)CC[C@@H]2[C@H]1C2(F)F. The molecule has 0 aromatic heterocycles. The van der Waals surface area contributed by atoms with Crippen LogP contribution in [0.15, 0.2) is 0 Å². The molecule has 0 bridgehead atoms. The number of alkyl halides is 2. The maximum Gasteiger partial charge on any atom is 0.411 e. The van der Waals surface area contributed by atoms with Gasteiger partial charge in [0.15, 0.2) is 0 Å². The summed E-state index contributed by atoms with van der Waals surface area (Å²) in [5.41, 5.74) is -0.728. The second-order valence-corrected chi connectivity index (χ2v) is 6.03. The van der Waals surface area contributed by atoms with Crippen molar-refractivity contribution in [1.29, 1.82) is 0 Å². The van der Waals surface area contributed by atoms with E-state index in [4.69, 9.17) is 4.74 Å². The standard InChI is InChI=1S/C12H19F2NO3/c1-11(2,3)18-10(17)15-7(6-16)4-5-8-9(15)12(8,13)14/h7-9,16H,4-6H2,1-3H3/t7-,8+,9-/m0/s1. The van der Waals surface area contributed by atoms with Crippen molar-refractivity contribution in [1.82, 2.24) is 4.90 Å². The van der Waals surface area contributed by atoms with Crippen LogP contribution in [0, 0.1) is 5.92 Å². The quantitative estimate of drug-likeness (QED) is 0.787. The molecule has 4 nitrogen and oxygen atoms in total. The Balaban J connectivity index is 2.14. The van der Waals surface area contributed by atoms with Gasteiger partial charge in [0.1, 0.15) is 11.6 Å². The lowest BCUT2D eigenvalue weighted by atomic mass is 10.0. The molecule has 1 aliphatic heterocycles. The fourth-order valence-corrected chi connectivity index (χ4v) is 2.60. The number of likely N-dealkylation sites (tertiary alicyclic amines) is 1. The average molecular weight is 263 g/mol. The monoisotopic (exact) mass is 263 g/mol. The van der Waals surface area contributed by atoms with E-state index < -0.39 is 35.6 Å². The summed E-state index contributed by atoms with van der Waals surface area (Å²) in [5.74, 6) is -3.60. The molecule has 2 rings (SSSR count). The van der Waals surface area contributed by atoms with Gasteiger partial charge in [0, 0.05) is 0 Å². The predicted octanol–water partition coefficient (Wildman–Crippen LogP) is 2.01. The van der Waals surface area contributed by atoms with E-state index in [1.807, 2.05) is 0 Å². The molecule has 1 heterocycles. The van der Waals surface area contributed by atoms with E-state index in [1.165, 1.54) is 0 Å². The maximum absolute atomic E-state index is 13.5. The second kappa shape index (κ2) is 4.05. The zero-order valence-corrected chi connectivity index (χ0v) is 10.8. The number of aliphatic hydroxyl groups excluding tert-OH is 1. The molecule has 2 fully saturated rings. The zero-order chi connectivity index (χ0) is 13.7. The summed E-state index contributed by atoms with van der Waals surface area (Å²) in [7, 11) is 0. The van der Waals surface area contributed by atoms with Gasteiger partial charge >= 0.3 is 6.09 Å². The topological polar surface area (TPSA) is 49.8 Å². The van der Waals surface area contributed by atoms with Crippen molar-refractivity contribution in [3.8, 4) is 0 Å². The third-order valence-electron chi connectivity index (χ3n) is 3.48. The summed E-state index contributed by atoms with van der Waals surface area (Å²) in [6, 6.07) is -1.66. The molecule has 1 N–H and O–H groups in total. The molecule has 3 atom stereocenters. The number of fused-ring (bicyclic) bond motifs is 1. The van der Waals surface area contributed by atoms with Crippen molar-refractivity contribution < 1.29 is 23.4 Å². The number of carbonyl (C=O) groups is 1. The molecule has 2 aliphatic rings. The van der Waals surface area contributed by atoms with Gasteiger partial charge in [-0.05, 0) is 33.6 Å². The van der Waals surface area contributed by atoms with E-state index in [-0.39, 0.29) is 6.61 Å². The molecular weight excluding hydrogens is 244 g/mol. The summed E-state index contributed by atoms with van der Waals surface area (Å²) in [4.78, 5) is 13.0. The number of hydrogen-bond acceptors (Lipinski definition) is 3. The molecule has 1 aliphatic carbocycles. The molecule has 0 unspecified atom stereocenters. The molecule has 0 radical (unpaired) electrons. The van der Waals surface area contributed by atoms with Crippen LogP contribution in [0.2, 0.25) is 0 Å². The van der Waals surface area contributed by atoms with Gasteiger partial charge < -0.3 is 9.84 Å². The summed E-state index contributed by atoms with van der Waals surface area (Å²) in [6.07, 6.45) is -0.0114. The van der Waals surface area contributed by atoms with Crippen molar-refractivity contribution in [2.24, 2.45) is 5.92 Å². The van der Waals surface area contributed by atoms with Gasteiger partial charge in [0.2, 0.25) is 0 Å². The highest BCUT2D eigenvalue weighted by atomic mass is 19.3. The molecule has 6 heteroatoms. The van der Waals surface area contributed by atoms with Crippen LogP contribution in [-0.4, -0.2) is 46.3 Å². The van der Waals surface area contributed by atoms with E-state index in [0.717, 1.165) is 4.90 Å². The third-order valence-corrected chi connectivity index (χ3v) is 3.48. The third kappa shape index (κ3) is 2.18. The number of halogens is 2. The van der Waals surface area contributed by atoms with Crippen LogP contribution < -0.4 is 0 Å². The lowest BCUT2D eigenvalue weighted by Crippen LogP contribution is -2.49. The van der Waals surface area contributed by atoms with Gasteiger partial charge in [-0.25, -0.2) is 13.6 Å². The molecule has 0 aromatic carbocycles. The smallest absolute Gasteiger partial charge is 0.411 e. The number of piperidine rings is 1. The first-order chi connectivity index (χ1) is 8.18. The summed E-state index contributed by atoms with van der Waals surface area (Å²) in [6.45, 7) is 4.75. The molecule has 0 spiro atoms. The first kappa shape index (κ1) is 13.5. The number of aliphatic hydroxyl groups is 1. The highest BCUT2D eigenvalue weighted by Gasteiger charge is 2.74. The first-order valence-corrected chi connectivity index (χ1v) is 6.18. The molecule has 1 amide bonds. The fourth-order valence-electron chi connectivity index (χ4n) is 2.60. The van der Waals surface area contributed by atoms with E-state index in [0.29, 0.717) is 12.8 Å². The molecule has 1 saturated carbocycles. The van der Waals surface area contributed by atoms with Crippen LogP contribution in [0.5, 0.6) is 0 Å².